The summed E-state index contributed by atoms with van der Waals surface area (Å²) in [4.78, 5) is 3.24. The number of hydrogen-bond acceptors (Lipinski definition) is 2. The van der Waals surface area contributed by atoms with Gasteiger partial charge < -0.3 is 14.5 Å². The number of alkyl halides is 3. The van der Waals surface area contributed by atoms with Gasteiger partial charge in [-0.3, -0.25) is 0 Å². The number of fused-ring (bicyclic) bond motifs is 1. The SMILES string of the molecule is FC(F)(F)c1cccc(Cc2cc(OCc3ccccc3)c3c(OCc4ccccc4)c[nH]c3c2)c1. The predicted octanol–water partition coefficient (Wildman–Crippen LogP) is 7.94. The number of aromatic amines is 1. The second kappa shape index (κ2) is 10.2. The molecule has 0 aliphatic heterocycles. The third-order valence-corrected chi connectivity index (χ3v) is 5.90. The molecule has 1 aromatic heterocycles. The molecular weight excluding hydrogens is 463 g/mol. The van der Waals surface area contributed by atoms with Crippen LogP contribution in [-0.2, 0) is 25.8 Å². The van der Waals surface area contributed by atoms with Gasteiger partial charge in [0.2, 0.25) is 0 Å². The minimum absolute atomic E-state index is 0.334. The molecule has 182 valence electrons. The molecule has 36 heavy (non-hydrogen) atoms. The summed E-state index contributed by atoms with van der Waals surface area (Å²) in [5, 5.41) is 0.801. The molecule has 0 saturated carbocycles. The van der Waals surface area contributed by atoms with Crippen LogP contribution in [-0.4, -0.2) is 4.98 Å². The van der Waals surface area contributed by atoms with E-state index in [4.69, 9.17) is 9.47 Å². The lowest BCUT2D eigenvalue weighted by molar-refractivity contribution is -0.137. The normalized spacial score (nSPS) is 11.5. The molecule has 0 bridgehead atoms. The molecule has 0 aliphatic carbocycles. The molecule has 0 aliphatic rings. The molecule has 1 heterocycles. The van der Waals surface area contributed by atoms with Crippen LogP contribution in [0.5, 0.6) is 11.5 Å². The molecule has 0 spiro atoms. The molecule has 0 atom stereocenters. The molecule has 0 radical (unpaired) electrons. The highest BCUT2D eigenvalue weighted by Crippen LogP contribution is 2.37. The summed E-state index contributed by atoms with van der Waals surface area (Å²) in [5.41, 5.74) is 3.60. The summed E-state index contributed by atoms with van der Waals surface area (Å²) in [7, 11) is 0. The fraction of sp³-hybridized carbons (Fsp3) is 0.133. The Bertz CT molecular complexity index is 1440. The summed E-state index contributed by atoms with van der Waals surface area (Å²) >= 11 is 0. The molecule has 4 aromatic carbocycles. The Labute approximate surface area is 207 Å². The Morgan fingerprint density at radius 1 is 0.611 bits per heavy atom. The number of nitrogens with one attached hydrogen (secondary N) is 1. The van der Waals surface area contributed by atoms with Crippen LogP contribution in [0.2, 0.25) is 0 Å². The van der Waals surface area contributed by atoms with Gasteiger partial charge in [-0.2, -0.15) is 13.2 Å². The van der Waals surface area contributed by atoms with E-state index >= 15 is 0 Å². The number of aromatic nitrogens is 1. The summed E-state index contributed by atoms with van der Waals surface area (Å²) in [5.74, 6) is 1.27. The van der Waals surface area contributed by atoms with Crippen LogP contribution in [0, 0.1) is 0 Å². The summed E-state index contributed by atoms with van der Waals surface area (Å²) in [6.07, 6.45) is -2.26. The first-order chi connectivity index (χ1) is 17.5. The van der Waals surface area contributed by atoms with Crippen LogP contribution < -0.4 is 9.47 Å². The maximum atomic E-state index is 13.2. The molecule has 6 heteroatoms. The standard InChI is InChI=1S/C30H24F3NO2/c31-30(32,33)25-13-7-12-23(15-25)14-24-16-26-29(27(17-24)35-19-21-8-3-1-4-9-21)28(18-34-26)36-20-22-10-5-2-6-11-22/h1-13,15-18,34H,14,19-20H2. The molecule has 0 unspecified atom stereocenters. The van der Waals surface area contributed by atoms with Crippen molar-refractivity contribution in [1.82, 2.24) is 4.98 Å². The number of H-pyrrole nitrogens is 1. The maximum Gasteiger partial charge on any atom is 0.416 e. The van der Waals surface area contributed by atoms with Crippen LogP contribution in [0.4, 0.5) is 13.2 Å². The molecule has 5 aromatic rings. The zero-order valence-electron chi connectivity index (χ0n) is 19.4. The van der Waals surface area contributed by atoms with Gasteiger partial charge in [-0.25, -0.2) is 0 Å². The summed E-state index contributed by atoms with van der Waals surface area (Å²) < 4.78 is 51.9. The van der Waals surface area contributed by atoms with Gasteiger partial charge in [-0.05, 0) is 46.9 Å². The van der Waals surface area contributed by atoms with E-state index in [1.807, 2.05) is 72.8 Å². The van der Waals surface area contributed by atoms with Crippen molar-refractivity contribution in [1.29, 1.82) is 0 Å². The Hall–Kier alpha value is -4.19. The van der Waals surface area contributed by atoms with E-state index in [2.05, 4.69) is 4.98 Å². The maximum absolute atomic E-state index is 13.2. The number of halogens is 3. The van der Waals surface area contributed by atoms with Gasteiger partial charge in [0.1, 0.15) is 24.7 Å². The zero-order chi connectivity index (χ0) is 25.0. The van der Waals surface area contributed by atoms with Crippen molar-refractivity contribution < 1.29 is 22.6 Å². The van der Waals surface area contributed by atoms with Crippen molar-refractivity contribution in [2.24, 2.45) is 0 Å². The predicted molar refractivity (Wildman–Crippen MR) is 134 cm³/mol. The van der Waals surface area contributed by atoms with Crippen LogP contribution in [0.15, 0.2) is 103 Å². The van der Waals surface area contributed by atoms with E-state index < -0.39 is 11.7 Å². The topological polar surface area (TPSA) is 34.2 Å². The van der Waals surface area contributed by atoms with Gasteiger partial charge in [-0.15, -0.1) is 0 Å². The molecule has 3 nitrogen and oxygen atoms in total. The lowest BCUT2D eigenvalue weighted by Gasteiger charge is -2.13. The first kappa shape index (κ1) is 23.5. The van der Waals surface area contributed by atoms with E-state index in [1.165, 1.54) is 12.1 Å². The summed E-state index contributed by atoms with van der Waals surface area (Å²) in [6.45, 7) is 0.754. The molecule has 0 saturated heterocycles. The highest BCUT2D eigenvalue weighted by atomic mass is 19.4. The van der Waals surface area contributed by atoms with Crippen molar-refractivity contribution in [3.8, 4) is 11.5 Å². The molecule has 5 rings (SSSR count). The quantitative estimate of drug-likeness (QED) is 0.241. The van der Waals surface area contributed by atoms with Gasteiger partial charge in [0.15, 0.2) is 0 Å². The van der Waals surface area contributed by atoms with Gasteiger partial charge in [0.25, 0.3) is 0 Å². The Morgan fingerprint density at radius 3 is 1.86 bits per heavy atom. The van der Waals surface area contributed by atoms with Gasteiger partial charge in [0.05, 0.1) is 16.5 Å². The number of hydrogen-bond donors (Lipinski definition) is 1. The second-order valence-electron chi connectivity index (χ2n) is 8.59. The minimum Gasteiger partial charge on any atom is -0.488 e. The third-order valence-electron chi connectivity index (χ3n) is 5.90. The first-order valence-corrected chi connectivity index (χ1v) is 11.6. The average molecular weight is 488 g/mol. The van der Waals surface area contributed by atoms with E-state index in [0.717, 1.165) is 33.7 Å². The lowest BCUT2D eigenvalue weighted by atomic mass is 10.0. The van der Waals surface area contributed by atoms with Gasteiger partial charge >= 0.3 is 6.18 Å². The molecule has 0 fully saturated rings. The van der Waals surface area contributed by atoms with E-state index in [-0.39, 0.29) is 0 Å². The largest absolute Gasteiger partial charge is 0.488 e. The zero-order valence-corrected chi connectivity index (χ0v) is 19.4. The van der Waals surface area contributed by atoms with Crippen LogP contribution in [0.3, 0.4) is 0 Å². The van der Waals surface area contributed by atoms with E-state index in [1.54, 1.807) is 12.3 Å². The highest BCUT2D eigenvalue weighted by Gasteiger charge is 2.30. The molecule has 0 amide bonds. The summed E-state index contributed by atoms with van der Waals surface area (Å²) in [6, 6.07) is 28.9. The fourth-order valence-electron chi connectivity index (χ4n) is 4.15. The van der Waals surface area contributed by atoms with Gasteiger partial charge in [0, 0.05) is 6.20 Å². The van der Waals surface area contributed by atoms with Gasteiger partial charge in [-0.1, -0.05) is 78.9 Å². The molecule has 1 N–H and O–H groups in total. The van der Waals surface area contributed by atoms with Crippen LogP contribution in [0.25, 0.3) is 10.9 Å². The second-order valence-corrected chi connectivity index (χ2v) is 8.59. The minimum atomic E-state index is -4.38. The number of rotatable bonds is 8. The number of ether oxygens (including phenoxy) is 2. The van der Waals surface area contributed by atoms with Crippen molar-refractivity contribution >= 4 is 10.9 Å². The van der Waals surface area contributed by atoms with E-state index in [0.29, 0.717) is 36.7 Å². The third kappa shape index (κ3) is 5.54. The van der Waals surface area contributed by atoms with Crippen LogP contribution in [0.1, 0.15) is 27.8 Å². The smallest absolute Gasteiger partial charge is 0.416 e. The Kier molecular flexibility index (Phi) is 6.67. The highest BCUT2D eigenvalue weighted by molar-refractivity contribution is 5.92. The van der Waals surface area contributed by atoms with Crippen molar-refractivity contribution in [3.63, 3.8) is 0 Å². The average Bonchev–Trinajstić information content (AvgIpc) is 3.30. The lowest BCUT2D eigenvalue weighted by Crippen LogP contribution is -2.05. The Morgan fingerprint density at radius 2 is 1.22 bits per heavy atom. The number of benzene rings is 4. The van der Waals surface area contributed by atoms with Crippen molar-refractivity contribution in [3.05, 3.63) is 131 Å². The Balaban J connectivity index is 1.47. The van der Waals surface area contributed by atoms with E-state index in [9.17, 15) is 13.2 Å². The van der Waals surface area contributed by atoms with Crippen LogP contribution >= 0.6 is 0 Å². The van der Waals surface area contributed by atoms with Crippen molar-refractivity contribution in [2.45, 2.75) is 25.8 Å². The molecular formula is C30H24F3NO2. The fourth-order valence-corrected chi connectivity index (χ4v) is 4.15. The monoisotopic (exact) mass is 487 g/mol. The van der Waals surface area contributed by atoms with Crippen molar-refractivity contribution in [2.75, 3.05) is 0 Å². The first-order valence-electron chi connectivity index (χ1n) is 11.6.